The monoisotopic (exact) mass is 585 g/mol. The van der Waals surface area contributed by atoms with Gasteiger partial charge in [-0.3, -0.25) is 4.57 Å². The summed E-state index contributed by atoms with van der Waals surface area (Å²) in [5.41, 5.74) is 6.95. The molecule has 0 saturated carbocycles. The van der Waals surface area contributed by atoms with Crippen molar-refractivity contribution in [3.63, 3.8) is 0 Å². The molecule has 0 radical (unpaired) electrons. The Hall–Kier alpha value is -1.19. The van der Waals surface area contributed by atoms with E-state index in [0.29, 0.717) is 29.3 Å². The number of aromatic nitrogens is 4. The molecule has 39 heavy (non-hydrogen) atoms. The minimum absolute atomic E-state index is 0.247. The van der Waals surface area contributed by atoms with Crippen LogP contribution in [0.25, 0.3) is 11.2 Å². The summed E-state index contributed by atoms with van der Waals surface area (Å²) in [6.07, 6.45) is 22.8. The number of nitrogen functional groups attached to an aromatic ring is 1. The number of unbranched alkanes of at least 4 members (excludes halogenated alkanes) is 14. The zero-order valence-corrected chi connectivity index (χ0v) is 26.0. The Morgan fingerprint density at radius 2 is 1.51 bits per heavy atom. The fourth-order valence-corrected chi connectivity index (χ4v) is 6.37. The van der Waals surface area contributed by atoms with Gasteiger partial charge in [0, 0.05) is 5.75 Å². The van der Waals surface area contributed by atoms with Crippen molar-refractivity contribution in [3.8, 4) is 0 Å². The summed E-state index contributed by atoms with van der Waals surface area (Å²) in [4.78, 5) is 22.4. The second-order valence-electron chi connectivity index (χ2n) is 10.5. The van der Waals surface area contributed by atoms with E-state index in [1.54, 1.807) is 22.7 Å². The molecule has 0 amide bonds. The van der Waals surface area contributed by atoms with Crippen molar-refractivity contribution in [1.82, 2.24) is 19.5 Å². The third-order valence-corrected chi connectivity index (χ3v) is 8.91. The standard InChI is InChI=1S/C28H52N5O4PS/c1-3-4-5-6-7-8-9-10-11-12-13-14-15-16-17-19-39-20-18-37-38(34,35)24-36-25(2)21-33-23-32-26-27(29)30-22-31-28(26)33/h22-23,25H,3-21,24H2,1-2H3,(H,34,35)(H2,29,30,31)/t25-/m1/s1. The van der Waals surface area contributed by atoms with Gasteiger partial charge in [-0.05, 0) is 19.1 Å². The summed E-state index contributed by atoms with van der Waals surface area (Å²) in [5.74, 6) is 2.09. The average Bonchev–Trinajstić information content (AvgIpc) is 3.32. The summed E-state index contributed by atoms with van der Waals surface area (Å²) in [5, 5.41) is 0. The van der Waals surface area contributed by atoms with Crippen molar-refractivity contribution in [2.75, 3.05) is 30.2 Å². The summed E-state index contributed by atoms with van der Waals surface area (Å²) in [6, 6.07) is 0. The molecule has 0 aromatic carbocycles. The van der Waals surface area contributed by atoms with Gasteiger partial charge in [-0.25, -0.2) is 15.0 Å². The predicted molar refractivity (Wildman–Crippen MR) is 163 cm³/mol. The van der Waals surface area contributed by atoms with Crippen molar-refractivity contribution < 1.29 is 18.7 Å². The topological polar surface area (TPSA) is 125 Å². The van der Waals surface area contributed by atoms with Gasteiger partial charge in [0.25, 0.3) is 0 Å². The van der Waals surface area contributed by atoms with Gasteiger partial charge in [-0.15, -0.1) is 0 Å². The van der Waals surface area contributed by atoms with Gasteiger partial charge in [-0.1, -0.05) is 96.8 Å². The number of nitrogens with zero attached hydrogens (tertiary/aromatic N) is 4. The lowest BCUT2D eigenvalue weighted by molar-refractivity contribution is 0.0724. The minimum atomic E-state index is -3.79. The van der Waals surface area contributed by atoms with Gasteiger partial charge in [0.2, 0.25) is 0 Å². The van der Waals surface area contributed by atoms with E-state index in [-0.39, 0.29) is 19.1 Å². The fourth-order valence-electron chi connectivity index (χ4n) is 4.54. The largest absolute Gasteiger partial charge is 0.382 e. The number of imidazole rings is 1. The first-order chi connectivity index (χ1) is 18.9. The predicted octanol–water partition coefficient (Wildman–Crippen LogP) is 7.58. The Kier molecular flexibility index (Phi) is 18.0. The first-order valence-electron chi connectivity index (χ1n) is 15.0. The van der Waals surface area contributed by atoms with Crippen LogP contribution in [0.1, 0.15) is 110 Å². The third kappa shape index (κ3) is 15.4. The van der Waals surface area contributed by atoms with Gasteiger partial charge >= 0.3 is 7.60 Å². The normalized spacial score (nSPS) is 14.1. The van der Waals surface area contributed by atoms with Gasteiger partial charge in [0.1, 0.15) is 18.2 Å². The van der Waals surface area contributed by atoms with Crippen LogP contribution in [0.5, 0.6) is 0 Å². The van der Waals surface area contributed by atoms with E-state index in [4.69, 9.17) is 15.0 Å². The minimum Gasteiger partial charge on any atom is -0.382 e. The van der Waals surface area contributed by atoms with Crippen LogP contribution in [0, 0.1) is 0 Å². The average molecular weight is 586 g/mol. The first-order valence-corrected chi connectivity index (χ1v) is 17.9. The quantitative estimate of drug-likeness (QED) is 0.0895. The summed E-state index contributed by atoms with van der Waals surface area (Å²) in [7, 11) is -3.79. The molecule has 2 atom stereocenters. The van der Waals surface area contributed by atoms with Crippen LogP contribution in [0.2, 0.25) is 0 Å². The number of nitrogens with two attached hydrogens (primary N) is 1. The molecule has 3 N–H and O–H groups in total. The second-order valence-corrected chi connectivity index (χ2v) is 13.5. The van der Waals surface area contributed by atoms with E-state index in [2.05, 4.69) is 21.9 Å². The Balaban J connectivity index is 1.38. The molecule has 2 heterocycles. The molecule has 2 aromatic rings. The highest BCUT2D eigenvalue weighted by Crippen LogP contribution is 2.42. The SMILES string of the molecule is CCCCCCCCCCCCCCCCCSCCOP(=O)(O)CO[C@H](C)Cn1cnc2c(N)ncnc21. The van der Waals surface area contributed by atoms with Gasteiger partial charge in [0.05, 0.1) is 25.6 Å². The second kappa shape index (κ2) is 20.7. The van der Waals surface area contributed by atoms with Crippen molar-refractivity contribution in [2.45, 2.75) is 123 Å². The van der Waals surface area contributed by atoms with E-state index in [0.717, 1.165) is 5.75 Å². The molecule has 0 fully saturated rings. The molecule has 1 unspecified atom stereocenters. The van der Waals surface area contributed by atoms with Crippen LogP contribution in [0.4, 0.5) is 5.82 Å². The van der Waals surface area contributed by atoms with Crippen molar-refractivity contribution in [1.29, 1.82) is 0 Å². The fraction of sp³-hybridized carbons (Fsp3) is 0.821. The number of hydrogen-bond donors (Lipinski definition) is 2. The summed E-state index contributed by atoms with van der Waals surface area (Å²) in [6.45, 7) is 4.76. The molecule has 0 spiro atoms. The van der Waals surface area contributed by atoms with Crippen molar-refractivity contribution >= 4 is 36.3 Å². The van der Waals surface area contributed by atoms with Crippen LogP contribution >= 0.6 is 19.4 Å². The Labute approximate surface area is 240 Å². The number of rotatable bonds is 25. The highest BCUT2D eigenvalue weighted by molar-refractivity contribution is 7.99. The summed E-state index contributed by atoms with van der Waals surface area (Å²) >= 11 is 1.78. The van der Waals surface area contributed by atoms with Crippen molar-refractivity contribution in [2.24, 2.45) is 0 Å². The van der Waals surface area contributed by atoms with Gasteiger partial charge < -0.3 is 24.5 Å². The number of hydrogen-bond acceptors (Lipinski definition) is 8. The number of ether oxygens (including phenoxy) is 1. The lowest BCUT2D eigenvalue weighted by Gasteiger charge is -2.17. The molecule has 0 aliphatic rings. The number of anilines is 1. The molecular formula is C28H52N5O4PS. The zero-order chi connectivity index (χ0) is 28.2. The molecule has 0 bridgehead atoms. The Bertz CT molecular complexity index is 948. The van der Waals surface area contributed by atoms with Crippen LogP contribution in [0.3, 0.4) is 0 Å². The first kappa shape index (κ1) is 34.0. The molecule has 0 aliphatic carbocycles. The van der Waals surface area contributed by atoms with Crippen LogP contribution in [-0.2, 0) is 20.4 Å². The lowest BCUT2D eigenvalue weighted by Crippen LogP contribution is -2.17. The number of thioether (sulfide) groups is 1. The molecule has 0 saturated heterocycles. The van der Waals surface area contributed by atoms with E-state index >= 15 is 0 Å². The molecule has 11 heteroatoms. The summed E-state index contributed by atoms with van der Waals surface area (Å²) < 4.78 is 24.9. The molecule has 224 valence electrons. The van der Waals surface area contributed by atoms with Crippen molar-refractivity contribution in [3.05, 3.63) is 12.7 Å². The smallest absolute Gasteiger partial charge is 0.353 e. The molecule has 0 aliphatic heterocycles. The van der Waals surface area contributed by atoms with Crippen LogP contribution < -0.4 is 5.73 Å². The van der Waals surface area contributed by atoms with Crippen LogP contribution in [-0.4, -0.2) is 55.0 Å². The maximum absolute atomic E-state index is 12.3. The highest BCUT2D eigenvalue weighted by Gasteiger charge is 2.21. The maximum atomic E-state index is 12.3. The number of fused-ring (bicyclic) bond motifs is 1. The van der Waals surface area contributed by atoms with Crippen LogP contribution in [0.15, 0.2) is 12.7 Å². The Morgan fingerprint density at radius 1 is 0.923 bits per heavy atom. The lowest BCUT2D eigenvalue weighted by atomic mass is 10.0. The maximum Gasteiger partial charge on any atom is 0.353 e. The van der Waals surface area contributed by atoms with Gasteiger partial charge in [0.15, 0.2) is 11.5 Å². The van der Waals surface area contributed by atoms with E-state index in [1.807, 2.05) is 6.92 Å². The van der Waals surface area contributed by atoms with Gasteiger partial charge in [-0.2, -0.15) is 11.8 Å². The van der Waals surface area contributed by atoms with E-state index < -0.39 is 7.60 Å². The molecule has 2 aromatic heterocycles. The zero-order valence-electron chi connectivity index (χ0n) is 24.3. The van der Waals surface area contributed by atoms with E-state index in [9.17, 15) is 9.46 Å². The molecular weight excluding hydrogens is 533 g/mol. The highest BCUT2D eigenvalue weighted by atomic mass is 32.2. The third-order valence-electron chi connectivity index (χ3n) is 6.82. The molecule has 2 rings (SSSR count). The molecule has 9 nitrogen and oxygen atoms in total. The van der Waals surface area contributed by atoms with E-state index in [1.165, 1.54) is 103 Å². The Morgan fingerprint density at radius 3 is 2.13 bits per heavy atom.